The molecule has 0 bridgehead atoms. The van der Waals surface area contributed by atoms with Crippen molar-refractivity contribution in [1.82, 2.24) is 9.88 Å². The Hall–Kier alpha value is -1.97. The van der Waals surface area contributed by atoms with Gasteiger partial charge in [-0.1, -0.05) is 0 Å². The van der Waals surface area contributed by atoms with Crippen molar-refractivity contribution in [3.8, 4) is 0 Å². The van der Waals surface area contributed by atoms with Gasteiger partial charge in [-0.05, 0) is 45.0 Å². The van der Waals surface area contributed by atoms with Gasteiger partial charge in [0.05, 0.1) is 16.8 Å². The maximum Gasteiger partial charge on any atom is 0.255 e. The minimum atomic E-state index is -0.320. The van der Waals surface area contributed by atoms with E-state index in [-0.39, 0.29) is 11.7 Å². The lowest BCUT2D eigenvalue weighted by molar-refractivity contribution is 0.0772. The zero-order valence-electron chi connectivity index (χ0n) is 11.4. The topological polar surface area (TPSA) is 33.2 Å². The van der Waals surface area contributed by atoms with E-state index >= 15 is 0 Å². The molecule has 0 radical (unpaired) electrons. The Kier molecular flexibility index (Phi) is 3.79. The molecule has 1 heterocycles. The Labute approximate surface area is 112 Å². The standard InChI is InChI=1S/C15H17FN2O/c1-4-18(5-2)15(19)13-9-11-8-12(16)6-7-14(11)17-10(13)3/h6-9H,4-5H2,1-3H3. The van der Waals surface area contributed by atoms with E-state index in [9.17, 15) is 9.18 Å². The van der Waals surface area contributed by atoms with E-state index < -0.39 is 0 Å². The highest BCUT2D eigenvalue weighted by Gasteiger charge is 2.16. The number of carbonyl (C=O) groups excluding carboxylic acids is 1. The molecule has 0 aliphatic heterocycles. The molecule has 2 aromatic rings. The summed E-state index contributed by atoms with van der Waals surface area (Å²) in [6.45, 7) is 6.97. The first-order valence-corrected chi connectivity index (χ1v) is 6.43. The normalized spacial score (nSPS) is 10.7. The maximum absolute atomic E-state index is 13.2. The predicted molar refractivity (Wildman–Crippen MR) is 73.7 cm³/mol. The molecular weight excluding hydrogens is 243 g/mol. The Balaban J connectivity index is 2.54. The largest absolute Gasteiger partial charge is 0.339 e. The van der Waals surface area contributed by atoms with Gasteiger partial charge in [0.15, 0.2) is 0 Å². The van der Waals surface area contributed by atoms with Crippen LogP contribution in [0.25, 0.3) is 10.9 Å². The average molecular weight is 260 g/mol. The van der Waals surface area contributed by atoms with Gasteiger partial charge in [-0.15, -0.1) is 0 Å². The van der Waals surface area contributed by atoms with Crippen LogP contribution in [0.4, 0.5) is 4.39 Å². The molecule has 1 amide bonds. The van der Waals surface area contributed by atoms with Crippen LogP contribution in [0.3, 0.4) is 0 Å². The number of benzene rings is 1. The molecule has 1 aromatic heterocycles. The number of nitrogens with zero attached hydrogens (tertiary/aromatic N) is 2. The van der Waals surface area contributed by atoms with Crippen molar-refractivity contribution in [2.45, 2.75) is 20.8 Å². The molecule has 100 valence electrons. The molecule has 2 rings (SSSR count). The summed E-state index contributed by atoms with van der Waals surface area (Å²) in [4.78, 5) is 18.5. The lowest BCUT2D eigenvalue weighted by atomic mass is 10.1. The van der Waals surface area contributed by atoms with Gasteiger partial charge < -0.3 is 4.90 Å². The number of hydrogen-bond acceptors (Lipinski definition) is 2. The lowest BCUT2D eigenvalue weighted by Gasteiger charge is -2.19. The smallest absolute Gasteiger partial charge is 0.255 e. The van der Waals surface area contributed by atoms with Gasteiger partial charge >= 0.3 is 0 Å². The monoisotopic (exact) mass is 260 g/mol. The van der Waals surface area contributed by atoms with Crippen molar-refractivity contribution in [1.29, 1.82) is 0 Å². The summed E-state index contributed by atoms with van der Waals surface area (Å²) < 4.78 is 13.2. The Morgan fingerprint density at radius 3 is 2.58 bits per heavy atom. The van der Waals surface area contributed by atoms with Gasteiger partial charge in [0.1, 0.15) is 5.82 Å². The second kappa shape index (κ2) is 5.34. The van der Waals surface area contributed by atoms with Gasteiger partial charge in [0.25, 0.3) is 5.91 Å². The quantitative estimate of drug-likeness (QED) is 0.849. The third-order valence-corrected chi connectivity index (χ3v) is 3.25. The fraction of sp³-hybridized carbons (Fsp3) is 0.333. The third kappa shape index (κ3) is 2.57. The van der Waals surface area contributed by atoms with E-state index in [2.05, 4.69) is 4.98 Å². The summed E-state index contributed by atoms with van der Waals surface area (Å²) >= 11 is 0. The lowest BCUT2D eigenvalue weighted by Crippen LogP contribution is -2.31. The van der Waals surface area contributed by atoms with Crippen LogP contribution in [0.2, 0.25) is 0 Å². The molecule has 19 heavy (non-hydrogen) atoms. The molecule has 0 atom stereocenters. The minimum Gasteiger partial charge on any atom is -0.339 e. The molecule has 4 heteroatoms. The first-order valence-electron chi connectivity index (χ1n) is 6.43. The maximum atomic E-state index is 13.2. The van der Waals surface area contributed by atoms with Crippen LogP contribution in [-0.4, -0.2) is 28.9 Å². The van der Waals surface area contributed by atoms with Gasteiger partial charge in [-0.3, -0.25) is 9.78 Å². The molecule has 0 saturated carbocycles. The Bertz CT molecular complexity index is 621. The minimum absolute atomic E-state index is 0.0545. The zero-order valence-corrected chi connectivity index (χ0v) is 11.4. The number of aryl methyl sites for hydroxylation is 1. The van der Waals surface area contributed by atoms with Gasteiger partial charge in [0.2, 0.25) is 0 Å². The fourth-order valence-corrected chi connectivity index (χ4v) is 2.14. The van der Waals surface area contributed by atoms with E-state index in [1.54, 1.807) is 24.0 Å². The van der Waals surface area contributed by atoms with Gasteiger partial charge in [-0.25, -0.2) is 4.39 Å². The fourth-order valence-electron chi connectivity index (χ4n) is 2.14. The van der Waals surface area contributed by atoms with Crippen molar-refractivity contribution in [2.24, 2.45) is 0 Å². The number of hydrogen-bond donors (Lipinski definition) is 0. The van der Waals surface area contributed by atoms with Crippen molar-refractivity contribution < 1.29 is 9.18 Å². The summed E-state index contributed by atoms with van der Waals surface area (Å²) in [6, 6.07) is 6.13. The molecule has 0 aliphatic rings. The first kappa shape index (κ1) is 13.5. The summed E-state index contributed by atoms with van der Waals surface area (Å²) in [5.41, 5.74) is 1.92. The Morgan fingerprint density at radius 2 is 1.95 bits per heavy atom. The molecule has 1 aromatic carbocycles. The number of halogens is 1. The van der Waals surface area contributed by atoms with E-state index in [1.165, 1.54) is 12.1 Å². The SMILES string of the molecule is CCN(CC)C(=O)c1cc2cc(F)ccc2nc1C. The van der Waals surface area contributed by atoms with Crippen LogP contribution >= 0.6 is 0 Å². The second-order valence-corrected chi connectivity index (χ2v) is 4.44. The van der Waals surface area contributed by atoms with E-state index in [4.69, 9.17) is 0 Å². The summed E-state index contributed by atoms with van der Waals surface area (Å²) in [6.07, 6.45) is 0. The summed E-state index contributed by atoms with van der Waals surface area (Å²) in [5, 5.41) is 0.654. The molecule has 0 N–H and O–H groups in total. The van der Waals surface area contributed by atoms with Crippen molar-refractivity contribution >= 4 is 16.8 Å². The molecule has 0 saturated heterocycles. The van der Waals surface area contributed by atoms with Crippen LogP contribution in [0, 0.1) is 12.7 Å². The van der Waals surface area contributed by atoms with E-state index in [0.29, 0.717) is 35.2 Å². The van der Waals surface area contributed by atoms with Crippen LogP contribution in [0.15, 0.2) is 24.3 Å². The zero-order chi connectivity index (χ0) is 14.0. The van der Waals surface area contributed by atoms with Crippen molar-refractivity contribution in [2.75, 3.05) is 13.1 Å². The number of fused-ring (bicyclic) bond motifs is 1. The summed E-state index contributed by atoms with van der Waals surface area (Å²) in [5.74, 6) is -0.374. The highest BCUT2D eigenvalue weighted by atomic mass is 19.1. The molecule has 0 fully saturated rings. The van der Waals surface area contributed by atoms with E-state index in [0.717, 1.165) is 0 Å². The highest BCUT2D eigenvalue weighted by molar-refractivity contribution is 5.98. The van der Waals surface area contributed by atoms with Gasteiger partial charge in [0, 0.05) is 18.5 Å². The van der Waals surface area contributed by atoms with Crippen LogP contribution < -0.4 is 0 Å². The number of carbonyl (C=O) groups is 1. The second-order valence-electron chi connectivity index (χ2n) is 4.44. The first-order chi connectivity index (χ1) is 9.06. The molecule has 0 aliphatic carbocycles. The van der Waals surface area contributed by atoms with E-state index in [1.807, 2.05) is 13.8 Å². The molecule has 0 unspecified atom stereocenters. The summed E-state index contributed by atoms with van der Waals surface area (Å²) in [7, 11) is 0. The van der Waals surface area contributed by atoms with Crippen LogP contribution in [0.5, 0.6) is 0 Å². The number of rotatable bonds is 3. The Morgan fingerprint density at radius 1 is 1.26 bits per heavy atom. The molecular formula is C15H17FN2O. The highest BCUT2D eigenvalue weighted by Crippen LogP contribution is 2.19. The molecule has 0 spiro atoms. The van der Waals surface area contributed by atoms with Gasteiger partial charge in [-0.2, -0.15) is 0 Å². The van der Waals surface area contributed by atoms with Crippen LogP contribution in [0.1, 0.15) is 29.9 Å². The number of aromatic nitrogens is 1. The molecule has 3 nitrogen and oxygen atoms in total. The third-order valence-electron chi connectivity index (χ3n) is 3.25. The van der Waals surface area contributed by atoms with Crippen LogP contribution in [-0.2, 0) is 0 Å². The number of amides is 1. The van der Waals surface area contributed by atoms with Crippen molar-refractivity contribution in [3.05, 3.63) is 41.3 Å². The average Bonchev–Trinajstić information content (AvgIpc) is 2.39. The predicted octanol–water partition coefficient (Wildman–Crippen LogP) is 3.16. The number of pyridine rings is 1. The van der Waals surface area contributed by atoms with Crippen molar-refractivity contribution in [3.63, 3.8) is 0 Å².